The predicted octanol–water partition coefficient (Wildman–Crippen LogP) is 5.27. The van der Waals surface area contributed by atoms with E-state index in [1.165, 1.54) is 17.1 Å². The van der Waals surface area contributed by atoms with E-state index in [1.54, 1.807) is 30.3 Å². The molecule has 3 aromatic carbocycles. The number of rotatable bonds is 6. The van der Waals surface area contributed by atoms with Gasteiger partial charge in [0.05, 0.1) is 5.69 Å². The molecule has 1 fully saturated rings. The van der Waals surface area contributed by atoms with Gasteiger partial charge in [0.1, 0.15) is 23.7 Å². The fourth-order valence-electron chi connectivity index (χ4n) is 4.24. The second-order valence-electron chi connectivity index (χ2n) is 8.55. The van der Waals surface area contributed by atoms with Gasteiger partial charge in [0.15, 0.2) is 0 Å². The number of ether oxygens (including phenoxy) is 1. The standard InChI is InChI=1S/C29H24FN3O3/c1-19-16-22(17-27-28(34)31-33(29(27)35)25-6-4-3-5-7-25)20(2)32(19)24-12-14-26(15-13-24)36-18-21-8-10-23(30)11-9-21/h3-17H,18H2,1-2H3,(H,31,34)/b27-17-. The molecule has 1 aliphatic heterocycles. The lowest BCUT2D eigenvalue weighted by atomic mass is 10.1. The smallest absolute Gasteiger partial charge is 0.282 e. The molecule has 1 N–H and O–H groups in total. The molecule has 0 atom stereocenters. The van der Waals surface area contributed by atoms with E-state index < -0.39 is 11.8 Å². The van der Waals surface area contributed by atoms with E-state index in [9.17, 15) is 14.0 Å². The second kappa shape index (κ2) is 9.54. The normalized spacial score (nSPS) is 14.4. The van der Waals surface area contributed by atoms with Crippen LogP contribution in [-0.2, 0) is 16.2 Å². The number of carbonyl (C=O) groups excluding carboxylic acids is 2. The minimum Gasteiger partial charge on any atom is -0.489 e. The van der Waals surface area contributed by atoms with Crippen molar-refractivity contribution in [2.24, 2.45) is 0 Å². The maximum Gasteiger partial charge on any atom is 0.282 e. The summed E-state index contributed by atoms with van der Waals surface area (Å²) in [5.41, 5.74) is 7.79. The lowest BCUT2D eigenvalue weighted by Gasteiger charge is -2.13. The van der Waals surface area contributed by atoms with Gasteiger partial charge in [-0.3, -0.25) is 15.0 Å². The number of anilines is 1. The highest BCUT2D eigenvalue weighted by atomic mass is 19.1. The van der Waals surface area contributed by atoms with Crippen molar-refractivity contribution in [3.05, 3.63) is 119 Å². The Balaban J connectivity index is 1.35. The van der Waals surface area contributed by atoms with Crippen LogP contribution in [0.15, 0.2) is 90.5 Å². The maximum absolute atomic E-state index is 13.1. The highest BCUT2D eigenvalue weighted by molar-refractivity contribution is 6.31. The van der Waals surface area contributed by atoms with Gasteiger partial charge in [-0.15, -0.1) is 0 Å². The largest absolute Gasteiger partial charge is 0.489 e. The molecule has 5 rings (SSSR count). The van der Waals surface area contributed by atoms with E-state index in [4.69, 9.17) is 4.74 Å². The Hall–Kier alpha value is -4.65. The Morgan fingerprint density at radius 3 is 2.28 bits per heavy atom. The fourth-order valence-corrected chi connectivity index (χ4v) is 4.24. The molecular formula is C29H24FN3O3. The van der Waals surface area contributed by atoms with Crippen LogP contribution < -0.4 is 15.2 Å². The van der Waals surface area contributed by atoms with Crippen LogP contribution in [0.3, 0.4) is 0 Å². The Morgan fingerprint density at radius 2 is 1.58 bits per heavy atom. The summed E-state index contributed by atoms with van der Waals surface area (Å²) in [6.45, 7) is 4.26. The van der Waals surface area contributed by atoms with Crippen LogP contribution in [0.2, 0.25) is 0 Å². The van der Waals surface area contributed by atoms with Crippen molar-refractivity contribution in [3.8, 4) is 11.4 Å². The topological polar surface area (TPSA) is 63.6 Å². The molecule has 1 aliphatic rings. The summed E-state index contributed by atoms with van der Waals surface area (Å²) in [5.74, 6) is -0.404. The Labute approximate surface area is 208 Å². The number of nitrogens with one attached hydrogen (secondary N) is 1. The van der Waals surface area contributed by atoms with E-state index in [1.807, 2.05) is 62.4 Å². The molecule has 36 heavy (non-hydrogen) atoms. The number of amides is 2. The highest BCUT2D eigenvalue weighted by Crippen LogP contribution is 2.27. The zero-order valence-electron chi connectivity index (χ0n) is 19.9. The average molecular weight is 482 g/mol. The van der Waals surface area contributed by atoms with E-state index >= 15 is 0 Å². The number of hydrazine groups is 1. The Bertz CT molecular complexity index is 1460. The molecule has 7 heteroatoms. The molecule has 2 amide bonds. The minimum absolute atomic E-state index is 0.0867. The number of nitrogens with zero attached hydrogens (tertiary/aromatic N) is 2. The SMILES string of the molecule is Cc1cc(/C=C2/C(=O)NN(c3ccccc3)C2=O)c(C)n1-c1ccc(OCc2ccc(F)cc2)cc1. The van der Waals surface area contributed by atoms with Crippen LogP contribution in [0.5, 0.6) is 5.75 Å². The minimum atomic E-state index is -0.434. The summed E-state index contributed by atoms with van der Waals surface area (Å²) in [6.07, 6.45) is 1.64. The van der Waals surface area contributed by atoms with Crippen molar-refractivity contribution in [3.63, 3.8) is 0 Å². The van der Waals surface area contributed by atoms with Crippen molar-refractivity contribution >= 4 is 23.6 Å². The summed E-state index contributed by atoms with van der Waals surface area (Å²) >= 11 is 0. The first-order valence-electron chi connectivity index (χ1n) is 11.5. The van der Waals surface area contributed by atoms with Gasteiger partial charge in [0.2, 0.25) is 0 Å². The lowest BCUT2D eigenvalue weighted by Crippen LogP contribution is -2.35. The predicted molar refractivity (Wildman–Crippen MR) is 136 cm³/mol. The van der Waals surface area contributed by atoms with Crippen molar-refractivity contribution in [2.75, 3.05) is 5.01 Å². The maximum atomic E-state index is 13.1. The van der Waals surface area contributed by atoms with E-state index in [0.29, 0.717) is 18.0 Å². The first-order valence-corrected chi connectivity index (χ1v) is 11.5. The van der Waals surface area contributed by atoms with E-state index in [-0.39, 0.29) is 11.4 Å². The van der Waals surface area contributed by atoms with E-state index in [2.05, 4.69) is 9.99 Å². The van der Waals surface area contributed by atoms with Crippen LogP contribution in [0.4, 0.5) is 10.1 Å². The monoisotopic (exact) mass is 481 g/mol. The zero-order valence-corrected chi connectivity index (χ0v) is 19.9. The number of aromatic nitrogens is 1. The molecule has 1 saturated heterocycles. The summed E-state index contributed by atoms with van der Waals surface area (Å²) in [5, 5.41) is 1.26. The fraction of sp³-hybridized carbons (Fsp3) is 0.103. The molecular weight excluding hydrogens is 457 g/mol. The van der Waals surface area contributed by atoms with Gasteiger partial charge >= 0.3 is 0 Å². The van der Waals surface area contributed by atoms with Crippen LogP contribution in [0.1, 0.15) is 22.5 Å². The van der Waals surface area contributed by atoms with Crippen LogP contribution in [0, 0.1) is 19.7 Å². The average Bonchev–Trinajstić information content (AvgIpc) is 3.33. The first kappa shape index (κ1) is 23.1. The Kier molecular flexibility index (Phi) is 6.12. The highest BCUT2D eigenvalue weighted by Gasteiger charge is 2.34. The van der Waals surface area contributed by atoms with Gasteiger partial charge < -0.3 is 9.30 Å². The summed E-state index contributed by atoms with van der Waals surface area (Å²) < 4.78 is 21.0. The molecule has 4 aromatic rings. The van der Waals surface area contributed by atoms with Crippen molar-refractivity contribution in [2.45, 2.75) is 20.5 Å². The summed E-state index contributed by atoms with van der Waals surface area (Å²) in [6, 6.07) is 24.8. The molecule has 0 spiro atoms. The third kappa shape index (κ3) is 4.51. The number of hydrogen-bond acceptors (Lipinski definition) is 3. The van der Waals surface area contributed by atoms with Gasteiger partial charge in [-0.1, -0.05) is 30.3 Å². The van der Waals surface area contributed by atoms with E-state index in [0.717, 1.165) is 28.2 Å². The number of carbonyl (C=O) groups is 2. The lowest BCUT2D eigenvalue weighted by molar-refractivity contribution is -0.117. The molecule has 2 heterocycles. The first-order chi connectivity index (χ1) is 17.4. The molecule has 0 bridgehead atoms. The molecule has 0 unspecified atom stereocenters. The summed E-state index contributed by atoms with van der Waals surface area (Å²) in [4.78, 5) is 25.5. The third-order valence-electron chi connectivity index (χ3n) is 6.09. The van der Waals surface area contributed by atoms with Crippen molar-refractivity contribution in [1.82, 2.24) is 9.99 Å². The summed E-state index contributed by atoms with van der Waals surface area (Å²) in [7, 11) is 0. The zero-order chi connectivity index (χ0) is 25.2. The third-order valence-corrected chi connectivity index (χ3v) is 6.09. The van der Waals surface area contributed by atoms with Gasteiger partial charge in [-0.05, 0) is 85.6 Å². The van der Waals surface area contributed by atoms with Crippen LogP contribution >= 0.6 is 0 Å². The van der Waals surface area contributed by atoms with Gasteiger partial charge in [-0.2, -0.15) is 0 Å². The molecule has 180 valence electrons. The molecule has 0 aliphatic carbocycles. The Morgan fingerprint density at radius 1 is 0.889 bits per heavy atom. The molecule has 6 nitrogen and oxygen atoms in total. The number of halogens is 1. The number of para-hydroxylation sites is 1. The quantitative estimate of drug-likeness (QED) is 0.301. The van der Waals surface area contributed by atoms with Gasteiger partial charge in [0.25, 0.3) is 11.8 Å². The number of aryl methyl sites for hydroxylation is 1. The molecule has 0 radical (unpaired) electrons. The molecule has 0 saturated carbocycles. The second-order valence-corrected chi connectivity index (χ2v) is 8.55. The van der Waals surface area contributed by atoms with Crippen molar-refractivity contribution < 1.29 is 18.7 Å². The van der Waals surface area contributed by atoms with Crippen LogP contribution in [0.25, 0.3) is 11.8 Å². The number of benzene rings is 3. The van der Waals surface area contributed by atoms with Crippen molar-refractivity contribution in [1.29, 1.82) is 0 Å². The van der Waals surface area contributed by atoms with Crippen LogP contribution in [-0.4, -0.2) is 16.4 Å². The number of hydrogen-bond donors (Lipinski definition) is 1. The van der Waals surface area contributed by atoms with Gasteiger partial charge in [0, 0.05) is 17.1 Å². The molecule has 1 aromatic heterocycles. The van der Waals surface area contributed by atoms with Gasteiger partial charge in [-0.25, -0.2) is 9.40 Å².